The minimum absolute atomic E-state index is 0.0278. The smallest absolute Gasteiger partial charge is 0.338 e. The number of ketones is 1. The van der Waals surface area contributed by atoms with Crippen LogP contribution in [0.2, 0.25) is 0 Å². The third-order valence-electron chi connectivity index (χ3n) is 6.26. The highest BCUT2D eigenvalue weighted by Gasteiger charge is 2.48. The minimum Gasteiger partial charge on any atom is -0.508 e. The Balaban J connectivity index is 1.57. The van der Waals surface area contributed by atoms with Gasteiger partial charge in [0, 0.05) is 12.5 Å². The van der Waals surface area contributed by atoms with Crippen molar-refractivity contribution in [1.82, 2.24) is 0 Å². The number of hydrogen-bond acceptors (Lipinski definition) is 11. The maximum atomic E-state index is 13.1. The number of ether oxygens (including phenoxy) is 3. The zero-order chi connectivity index (χ0) is 28.1. The molecule has 4 rings (SSSR count). The highest BCUT2D eigenvalue weighted by Crippen LogP contribution is 2.32. The van der Waals surface area contributed by atoms with Crippen LogP contribution in [0.15, 0.2) is 66.7 Å². The van der Waals surface area contributed by atoms with Gasteiger partial charge in [-0.25, -0.2) is 4.79 Å². The van der Waals surface area contributed by atoms with Gasteiger partial charge >= 0.3 is 5.97 Å². The second-order valence-electron chi connectivity index (χ2n) is 9.01. The molecular formula is C28H28O11. The summed E-state index contributed by atoms with van der Waals surface area (Å²) < 4.78 is 16.8. The van der Waals surface area contributed by atoms with Crippen LogP contribution in [-0.2, 0) is 15.9 Å². The average Bonchev–Trinajstić information content (AvgIpc) is 2.92. The van der Waals surface area contributed by atoms with Gasteiger partial charge in [0.25, 0.3) is 0 Å². The van der Waals surface area contributed by atoms with Gasteiger partial charge in [0.05, 0.1) is 17.7 Å². The van der Waals surface area contributed by atoms with Crippen LogP contribution in [0.3, 0.4) is 0 Å². The number of hydrogen-bond donors (Lipinski definition) is 6. The number of aliphatic hydroxyl groups excluding tert-OH is 3. The van der Waals surface area contributed by atoms with Crippen molar-refractivity contribution < 1.29 is 54.4 Å². The van der Waals surface area contributed by atoms with Gasteiger partial charge in [-0.15, -0.1) is 0 Å². The number of carbonyl (C=O) groups is 2. The fraction of sp³-hybridized carbons (Fsp3) is 0.286. The van der Waals surface area contributed by atoms with Gasteiger partial charge in [-0.1, -0.05) is 12.1 Å². The topological polar surface area (TPSA) is 183 Å². The first-order valence-electron chi connectivity index (χ1n) is 12.1. The van der Waals surface area contributed by atoms with E-state index in [2.05, 4.69) is 0 Å². The van der Waals surface area contributed by atoms with E-state index in [0.29, 0.717) is 6.42 Å². The second-order valence-corrected chi connectivity index (χ2v) is 9.01. The zero-order valence-electron chi connectivity index (χ0n) is 20.6. The molecule has 1 aliphatic rings. The molecule has 11 heteroatoms. The fourth-order valence-corrected chi connectivity index (χ4v) is 4.08. The molecule has 1 saturated heterocycles. The van der Waals surface area contributed by atoms with Crippen molar-refractivity contribution in [3.63, 3.8) is 0 Å². The number of aromatic hydroxyl groups is 3. The number of phenolic OH excluding ortho intramolecular Hbond substituents is 3. The summed E-state index contributed by atoms with van der Waals surface area (Å²) in [5.41, 5.74) is 0.905. The molecule has 0 spiro atoms. The van der Waals surface area contributed by atoms with E-state index >= 15 is 0 Å². The summed E-state index contributed by atoms with van der Waals surface area (Å²) >= 11 is 0. The molecule has 0 aromatic heterocycles. The van der Waals surface area contributed by atoms with Crippen molar-refractivity contribution in [3.8, 4) is 23.0 Å². The lowest BCUT2D eigenvalue weighted by atomic mass is 9.98. The molecule has 0 bridgehead atoms. The van der Waals surface area contributed by atoms with Gasteiger partial charge in [0.15, 0.2) is 11.9 Å². The quantitative estimate of drug-likeness (QED) is 0.171. The molecule has 0 unspecified atom stereocenters. The van der Waals surface area contributed by atoms with Gasteiger partial charge < -0.3 is 44.8 Å². The fourth-order valence-electron chi connectivity index (χ4n) is 4.08. The first-order chi connectivity index (χ1) is 18.7. The van der Waals surface area contributed by atoms with Crippen LogP contribution in [-0.4, -0.2) is 79.7 Å². The monoisotopic (exact) mass is 540 g/mol. The number of phenols is 3. The van der Waals surface area contributed by atoms with Gasteiger partial charge in [-0.3, -0.25) is 4.79 Å². The molecule has 5 atom stereocenters. The van der Waals surface area contributed by atoms with Crippen molar-refractivity contribution in [2.24, 2.45) is 0 Å². The van der Waals surface area contributed by atoms with Crippen molar-refractivity contribution in [2.45, 2.75) is 43.5 Å². The minimum atomic E-state index is -1.74. The number of carbonyl (C=O) groups excluding carboxylic acids is 2. The largest absolute Gasteiger partial charge is 0.508 e. The highest BCUT2D eigenvalue weighted by atomic mass is 16.7. The Kier molecular flexibility index (Phi) is 8.67. The first kappa shape index (κ1) is 27.9. The van der Waals surface area contributed by atoms with Crippen LogP contribution < -0.4 is 4.74 Å². The van der Waals surface area contributed by atoms with E-state index in [1.165, 1.54) is 48.5 Å². The van der Waals surface area contributed by atoms with Crippen molar-refractivity contribution in [2.75, 3.05) is 6.61 Å². The molecule has 0 radical (unpaired) electrons. The summed E-state index contributed by atoms with van der Waals surface area (Å²) in [6.07, 6.45) is -7.48. The standard InChI is InChI=1S/C28H28O11/c29-14-23-24(34)25(35)26(39-27(36)16-4-8-18(31)9-5-16)28(38-23)37-22-13-19(32)10-11-20(22)21(33)12-3-15-1-6-17(30)7-2-15/h1-2,4-11,13,23-26,28-32,34-35H,3,12,14H2/t23-,24-,25+,26-,28-/m1/s1. The molecule has 0 aliphatic carbocycles. The number of rotatable bonds is 9. The second kappa shape index (κ2) is 12.1. The summed E-state index contributed by atoms with van der Waals surface area (Å²) in [6, 6.07) is 15.3. The summed E-state index contributed by atoms with van der Waals surface area (Å²) in [5, 5.41) is 59.7. The van der Waals surface area contributed by atoms with Crippen LogP contribution in [0, 0.1) is 0 Å². The Morgan fingerprint density at radius 3 is 2.08 bits per heavy atom. The maximum Gasteiger partial charge on any atom is 0.338 e. The van der Waals surface area contributed by atoms with Gasteiger partial charge in [0.2, 0.25) is 6.29 Å². The number of aryl methyl sites for hydroxylation is 1. The van der Waals surface area contributed by atoms with E-state index in [1.807, 2.05) is 0 Å². The third-order valence-corrected chi connectivity index (χ3v) is 6.26. The number of esters is 1. The molecular weight excluding hydrogens is 512 g/mol. The van der Waals surface area contributed by atoms with Gasteiger partial charge in [0.1, 0.15) is 41.3 Å². The van der Waals surface area contributed by atoms with E-state index in [-0.39, 0.29) is 46.3 Å². The van der Waals surface area contributed by atoms with Crippen LogP contribution >= 0.6 is 0 Å². The van der Waals surface area contributed by atoms with Crippen LogP contribution in [0.25, 0.3) is 0 Å². The zero-order valence-corrected chi connectivity index (χ0v) is 20.6. The summed E-state index contributed by atoms with van der Waals surface area (Å²) in [6.45, 7) is -0.699. The summed E-state index contributed by atoms with van der Waals surface area (Å²) in [7, 11) is 0. The Morgan fingerprint density at radius 1 is 0.821 bits per heavy atom. The van der Waals surface area contributed by atoms with Gasteiger partial charge in [-0.2, -0.15) is 0 Å². The Bertz CT molecular complexity index is 1290. The van der Waals surface area contributed by atoms with Gasteiger partial charge in [-0.05, 0) is 60.5 Å². The summed E-state index contributed by atoms with van der Waals surface area (Å²) in [5.74, 6) is -1.64. The molecule has 206 valence electrons. The normalized spacial score (nSPS) is 22.7. The van der Waals surface area contributed by atoms with Crippen molar-refractivity contribution in [1.29, 1.82) is 0 Å². The van der Waals surface area contributed by atoms with Crippen LogP contribution in [0.4, 0.5) is 0 Å². The lowest BCUT2D eigenvalue weighted by Crippen LogP contribution is -2.61. The van der Waals surface area contributed by atoms with Crippen LogP contribution in [0.5, 0.6) is 23.0 Å². The predicted octanol–water partition coefficient (Wildman–Crippen LogP) is 1.66. The lowest BCUT2D eigenvalue weighted by Gasteiger charge is -2.41. The SMILES string of the molecule is O=C(O[C@H]1[C@H](Oc2cc(O)ccc2C(=O)CCc2ccc(O)cc2)O[C@H](CO)[C@@H](O)[C@@H]1O)c1ccc(O)cc1. The highest BCUT2D eigenvalue weighted by molar-refractivity contribution is 5.99. The number of aliphatic hydroxyl groups is 3. The van der Waals surface area contributed by atoms with Crippen LogP contribution in [0.1, 0.15) is 32.7 Å². The molecule has 3 aromatic carbocycles. The number of benzene rings is 3. The molecule has 1 fully saturated rings. The predicted molar refractivity (Wildman–Crippen MR) is 135 cm³/mol. The molecule has 0 amide bonds. The van der Waals surface area contributed by atoms with Crippen molar-refractivity contribution in [3.05, 3.63) is 83.4 Å². The van der Waals surface area contributed by atoms with E-state index in [4.69, 9.17) is 14.2 Å². The average molecular weight is 541 g/mol. The molecule has 39 heavy (non-hydrogen) atoms. The summed E-state index contributed by atoms with van der Waals surface area (Å²) in [4.78, 5) is 25.8. The third kappa shape index (κ3) is 6.65. The van der Waals surface area contributed by atoms with E-state index in [0.717, 1.165) is 11.6 Å². The first-order valence-corrected chi connectivity index (χ1v) is 12.1. The molecule has 6 N–H and O–H groups in total. The van der Waals surface area contributed by atoms with E-state index in [1.54, 1.807) is 12.1 Å². The Hall–Kier alpha value is -4.16. The molecule has 0 saturated carbocycles. The Morgan fingerprint density at radius 2 is 1.44 bits per heavy atom. The molecule has 1 heterocycles. The molecule has 11 nitrogen and oxygen atoms in total. The van der Waals surface area contributed by atoms with E-state index < -0.39 is 43.3 Å². The lowest BCUT2D eigenvalue weighted by molar-refractivity contribution is -0.276. The van der Waals surface area contributed by atoms with Crippen molar-refractivity contribution >= 4 is 11.8 Å². The Labute approximate surface area is 223 Å². The maximum absolute atomic E-state index is 13.1. The van der Waals surface area contributed by atoms with E-state index in [9.17, 15) is 40.2 Å². The molecule has 3 aromatic rings. The number of Topliss-reactive ketones (excluding diaryl/α,β-unsaturated/α-hetero) is 1. The molecule has 1 aliphatic heterocycles.